The molecule has 1 aromatic rings. The van der Waals surface area contributed by atoms with Crippen molar-refractivity contribution in [1.29, 1.82) is 0 Å². The predicted molar refractivity (Wildman–Crippen MR) is 59.5 cm³/mol. The smallest absolute Gasteiger partial charge is 0.315 e. The summed E-state index contributed by atoms with van der Waals surface area (Å²) in [6.45, 7) is 9.21. The second-order valence-corrected chi connectivity index (χ2v) is 4.97. The van der Waals surface area contributed by atoms with Crippen LogP contribution in [0.2, 0.25) is 0 Å². The molecule has 1 aromatic heterocycles. The molecule has 86 valence electrons. The van der Waals surface area contributed by atoms with E-state index in [4.69, 9.17) is 10.2 Å². The van der Waals surface area contributed by atoms with Crippen molar-refractivity contribution in [3.63, 3.8) is 0 Å². The van der Waals surface area contributed by atoms with Crippen molar-refractivity contribution < 1.29 is 4.42 Å². The van der Waals surface area contributed by atoms with Gasteiger partial charge in [-0.2, -0.15) is 0 Å². The molecule has 0 fully saturated rings. The zero-order valence-electron chi connectivity index (χ0n) is 9.87. The van der Waals surface area contributed by atoms with Gasteiger partial charge < -0.3 is 15.5 Å². The molecule has 3 N–H and O–H groups in total. The fraction of sp³-hybridized carbons (Fsp3) is 0.800. The van der Waals surface area contributed by atoms with Crippen molar-refractivity contribution in [1.82, 2.24) is 10.2 Å². The van der Waals surface area contributed by atoms with Crippen molar-refractivity contribution in [3.05, 3.63) is 5.89 Å². The summed E-state index contributed by atoms with van der Waals surface area (Å²) in [7, 11) is 0. The number of nitrogens with one attached hydrogen (secondary N) is 1. The maximum absolute atomic E-state index is 5.60. The molecule has 0 bridgehead atoms. The summed E-state index contributed by atoms with van der Waals surface area (Å²) in [6.07, 6.45) is 1.04. The van der Waals surface area contributed by atoms with Gasteiger partial charge in [-0.1, -0.05) is 25.9 Å². The van der Waals surface area contributed by atoms with Crippen LogP contribution in [0.25, 0.3) is 0 Å². The number of nitrogens with zero attached hydrogens (tertiary/aromatic N) is 2. The average molecular weight is 212 g/mol. The quantitative estimate of drug-likeness (QED) is 0.797. The summed E-state index contributed by atoms with van der Waals surface area (Å²) in [6, 6.07) is 0.238. The van der Waals surface area contributed by atoms with E-state index in [2.05, 4.69) is 36.3 Å². The molecule has 0 aliphatic carbocycles. The maximum atomic E-state index is 5.60. The Morgan fingerprint density at radius 2 is 2.07 bits per heavy atom. The SMILES string of the molecule is CC(N)c1nnc(NCCC(C)(C)C)o1. The van der Waals surface area contributed by atoms with Crippen LogP contribution in [-0.2, 0) is 0 Å². The van der Waals surface area contributed by atoms with Gasteiger partial charge in [-0.15, -0.1) is 5.10 Å². The minimum absolute atomic E-state index is 0.212. The van der Waals surface area contributed by atoms with E-state index in [1.54, 1.807) is 0 Å². The first kappa shape index (κ1) is 12.0. The van der Waals surface area contributed by atoms with Crippen LogP contribution >= 0.6 is 0 Å². The number of anilines is 1. The molecule has 1 rings (SSSR count). The molecule has 1 atom stereocenters. The van der Waals surface area contributed by atoms with Crippen molar-refractivity contribution >= 4 is 6.01 Å². The third-order valence-corrected chi connectivity index (χ3v) is 1.98. The summed E-state index contributed by atoms with van der Waals surface area (Å²) < 4.78 is 5.30. The number of hydrogen-bond acceptors (Lipinski definition) is 5. The molecule has 0 amide bonds. The van der Waals surface area contributed by atoms with E-state index in [-0.39, 0.29) is 6.04 Å². The van der Waals surface area contributed by atoms with Crippen molar-refractivity contribution in [3.8, 4) is 0 Å². The number of rotatable bonds is 4. The highest BCUT2D eigenvalue weighted by Crippen LogP contribution is 2.18. The van der Waals surface area contributed by atoms with E-state index < -0.39 is 0 Å². The van der Waals surface area contributed by atoms with Crippen molar-refractivity contribution in [2.24, 2.45) is 11.1 Å². The molecule has 0 aliphatic heterocycles. The summed E-state index contributed by atoms with van der Waals surface area (Å²) in [5, 5.41) is 10.8. The van der Waals surface area contributed by atoms with Crippen LogP contribution in [0.3, 0.4) is 0 Å². The highest BCUT2D eigenvalue weighted by Gasteiger charge is 2.12. The van der Waals surface area contributed by atoms with Gasteiger partial charge in [0.2, 0.25) is 5.89 Å². The lowest BCUT2D eigenvalue weighted by Gasteiger charge is -2.17. The molecule has 5 nitrogen and oxygen atoms in total. The Kier molecular flexibility index (Phi) is 3.68. The molecule has 1 unspecified atom stereocenters. The Balaban J connectivity index is 2.38. The van der Waals surface area contributed by atoms with Gasteiger partial charge in [0.25, 0.3) is 0 Å². The van der Waals surface area contributed by atoms with Gasteiger partial charge in [-0.3, -0.25) is 0 Å². The molecular formula is C10H20N4O. The minimum Gasteiger partial charge on any atom is -0.406 e. The van der Waals surface area contributed by atoms with Crippen LogP contribution in [0.1, 0.15) is 46.0 Å². The Morgan fingerprint density at radius 1 is 1.40 bits per heavy atom. The van der Waals surface area contributed by atoms with Crippen molar-refractivity contribution in [2.75, 3.05) is 11.9 Å². The molecular weight excluding hydrogens is 192 g/mol. The fourth-order valence-electron chi connectivity index (χ4n) is 1.03. The third kappa shape index (κ3) is 4.29. The van der Waals surface area contributed by atoms with Crippen LogP contribution in [0.4, 0.5) is 6.01 Å². The topological polar surface area (TPSA) is 77.0 Å². The van der Waals surface area contributed by atoms with Gasteiger partial charge >= 0.3 is 6.01 Å². The van der Waals surface area contributed by atoms with E-state index >= 15 is 0 Å². The lowest BCUT2D eigenvalue weighted by molar-refractivity contribution is 0.386. The normalized spacial score (nSPS) is 13.9. The first-order chi connectivity index (χ1) is 6.88. The largest absolute Gasteiger partial charge is 0.406 e. The Morgan fingerprint density at radius 3 is 2.53 bits per heavy atom. The number of aromatic nitrogens is 2. The van der Waals surface area contributed by atoms with E-state index in [0.717, 1.165) is 13.0 Å². The van der Waals surface area contributed by atoms with E-state index in [0.29, 0.717) is 17.3 Å². The monoisotopic (exact) mass is 212 g/mol. The number of nitrogens with two attached hydrogens (primary N) is 1. The highest BCUT2D eigenvalue weighted by molar-refractivity contribution is 5.16. The van der Waals surface area contributed by atoms with Gasteiger partial charge in [-0.25, -0.2) is 0 Å². The average Bonchev–Trinajstić information content (AvgIpc) is 2.50. The summed E-state index contributed by atoms with van der Waals surface area (Å²) in [4.78, 5) is 0. The van der Waals surface area contributed by atoms with Gasteiger partial charge in [0.05, 0.1) is 6.04 Å². The Labute approximate surface area is 90.4 Å². The van der Waals surface area contributed by atoms with Crippen LogP contribution in [-0.4, -0.2) is 16.7 Å². The molecule has 15 heavy (non-hydrogen) atoms. The summed E-state index contributed by atoms with van der Waals surface area (Å²) >= 11 is 0. The van der Waals surface area contributed by atoms with E-state index in [1.165, 1.54) is 0 Å². The van der Waals surface area contributed by atoms with Crippen molar-refractivity contribution in [2.45, 2.75) is 40.2 Å². The van der Waals surface area contributed by atoms with E-state index in [9.17, 15) is 0 Å². The molecule has 0 saturated carbocycles. The van der Waals surface area contributed by atoms with Crippen LogP contribution in [0.5, 0.6) is 0 Å². The second-order valence-electron chi connectivity index (χ2n) is 4.97. The second kappa shape index (κ2) is 4.61. The molecule has 1 heterocycles. The van der Waals surface area contributed by atoms with Crippen LogP contribution in [0, 0.1) is 5.41 Å². The lowest BCUT2D eigenvalue weighted by Crippen LogP contribution is -2.12. The molecule has 0 spiro atoms. The Hall–Kier alpha value is -1.10. The molecule has 0 aliphatic rings. The Bertz CT molecular complexity index is 301. The molecule has 5 heteroatoms. The number of hydrogen-bond donors (Lipinski definition) is 2. The lowest BCUT2D eigenvalue weighted by atomic mass is 9.92. The molecule has 0 saturated heterocycles. The van der Waals surface area contributed by atoms with E-state index in [1.807, 2.05) is 6.92 Å². The van der Waals surface area contributed by atoms with Gasteiger partial charge in [0, 0.05) is 6.54 Å². The standard InChI is InChI=1S/C10H20N4O/c1-7(11)8-13-14-9(15-8)12-6-5-10(2,3)4/h7H,5-6,11H2,1-4H3,(H,12,14). The predicted octanol–water partition coefficient (Wildman–Crippen LogP) is 1.94. The molecule has 0 aromatic carbocycles. The summed E-state index contributed by atoms with van der Waals surface area (Å²) in [5.41, 5.74) is 5.90. The zero-order chi connectivity index (χ0) is 11.5. The third-order valence-electron chi connectivity index (χ3n) is 1.98. The van der Waals surface area contributed by atoms with Crippen LogP contribution in [0.15, 0.2) is 4.42 Å². The molecule has 0 radical (unpaired) electrons. The highest BCUT2D eigenvalue weighted by atomic mass is 16.4. The van der Waals surface area contributed by atoms with Gasteiger partial charge in [0.1, 0.15) is 0 Å². The van der Waals surface area contributed by atoms with Crippen LogP contribution < -0.4 is 11.1 Å². The minimum atomic E-state index is -0.212. The maximum Gasteiger partial charge on any atom is 0.315 e. The first-order valence-electron chi connectivity index (χ1n) is 5.21. The fourth-order valence-corrected chi connectivity index (χ4v) is 1.03. The van der Waals surface area contributed by atoms with Gasteiger partial charge in [-0.05, 0) is 18.8 Å². The van der Waals surface area contributed by atoms with Gasteiger partial charge in [0.15, 0.2) is 0 Å². The summed E-state index contributed by atoms with van der Waals surface area (Å²) in [5.74, 6) is 0.466. The zero-order valence-corrected chi connectivity index (χ0v) is 9.87. The first-order valence-corrected chi connectivity index (χ1v) is 5.21.